The number of carbonyl (C=O) groups is 2. The first-order chi connectivity index (χ1) is 5.76. The first-order valence-corrected chi connectivity index (χ1v) is 3.45. The van der Waals surface area contributed by atoms with Crippen molar-refractivity contribution < 1.29 is 14.0 Å². The van der Waals surface area contributed by atoms with Gasteiger partial charge in [0, 0.05) is 0 Å². The van der Waals surface area contributed by atoms with E-state index in [1.54, 1.807) is 25.1 Å². The van der Waals surface area contributed by atoms with Crippen molar-refractivity contribution in [2.75, 3.05) is 0 Å². The number of allylic oxidation sites excluding steroid dienone is 1. The van der Waals surface area contributed by atoms with E-state index in [2.05, 4.69) is 0 Å². The standard InChI is InChI=1S/C9H8O3/c1-7(5-10)4-8-2-3-9(6-11)12-8/h2-6H,1H3/b7-4+. The molecule has 0 aliphatic rings. The van der Waals surface area contributed by atoms with Gasteiger partial charge in [0.25, 0.3) is 0 Å². The molecule has 3 heteroatoms. The van der Waals surface area contributed by atoms with Gasteiger partial charge in [-0.2, -0.15) is 0 Å². The van der Waals surface area contributed by atoms with Crippen LogP contribution in [0.25, 0.3) is 6.08 Å². The average molecular weight is 164 g/mol. The SMILES string of the molecule is C/C(C=O)=C\c1ccc(C=O)o1. The van der Waals surface area contributed by atoms with Gasteiger partial charge in [0.1, 0.15) is 12.0 Å². The van der Waals surface area contributed by atoms with E-state index in [0.29, 0.717) is 17.6 Å². The van der Waals surface area contributed by atoms with E-state index in [9.17, 15) is 9.59 Å². The maximum Gasteiger partial charge on any atom is 0.185 e. The number of aldehydes is 2. The van der Waals surface area contributed by atoms with Crippen LogP contribution in [0.3, 0.4) is 0 Å². The summed E-state index contributed by atoms with van der Waals surface area (Å²) in [6, 6.07) is 3.19. The van der Waals surface area contributed by atoms with E-state index in [1.165, 1.54) is 0 Å². The van der Waals surface area contributed by atoms with Gasteiger partial charge in [-0.15, -0.1) is 0 Å². The van der Waals surface area contributed by atoms with E-state index in [-0.39, 0.29) is 5.76 Å². The largest absolute Gasteiger partial charge is 0.454 e. The zero-order valence-corrected chi connectivity index (χ0v) is 6.61. The summed E-state index contributed by atoms with van der Waals surface area (Å²) in [5.41, 5.74) is 0.557. The Labute approximate surface area is 69.7 Å². The minimum absolute atomic E-state index is 0.264. The van der Waals surface area contributed by atoms with Gasteiger partial charge >= 0.3 is 0 Å². The van der Waals surface area contributed by atoms with E-state index in [4.69, 9.17) is 4.42 Å². The highest BCUT2D eigenvalue weighted by Crippen LogP contribution is 2.09. The van der Waals surface area contributed by atoms with Crippen molar-refractivity contribution in [1.82, 2.24) is 0 Å². The fourth-order valence-electron chi connectivity index (χ4n) is 0.768. The highest BCUT2D eigenvalue weighted by Gasteiger charge is 1.97. The maximum atomic E-state index is 10.2. The molecule has 1 heterocycles. The highest BCUT2D eigenvalue weighted by molar-refractivity contribution is 5.80. The summed E-state index contributed by atoms with van der Waals surface area (Å²) in [7, 11) is 0. The Hall–Kier alpha value is -1.64. The predicted molar refractivity (Wildman–Crippen MR) is 43.8 cm³/mol. The number of carbonyl (C=O) groups excluding carboxylic acids is 2. The predicted octanol–water partition coefficient (Wildman–Crippen LogP) is 1.69. The summed E-state index contributed by atoms with van der Waals surface area (Å²) in [5.74, 6) is 0.779. The van der Waals surface area contributed by atoms with Crippen LogP contribution in [0.15, 0.2) is 22.1 Å². The van der Waals surface area contributed by atoms with Gasteiger partial charge in [-0.25, -0.2) is 0 Å². The van der Waals surface area contributed by atoms with Gasteiger partial charge in [-0.05, 0) is 30.7 Å². The van der Waals surface area contributed by atoms with Crippen LogP contribution >= 0.6 is 0 Å². The summed E-state index contributed by atoms with van der Waals surface area (Å²) in [4.78, 5) is 20.4. The molecule has 0 amide bonds. The maximum absolute atomic E-state index is 10.2. The van der Waals surface area contributed by atoms with Gasteiger partial charge in [0.2, 0.25) is 0 Å². The quantitative estimate of drug-likeness (QED) is 0.504. The molecule has 0 saturated carbocycles. The van der Waals surface area contributed by atoms with Crippen molar-refractivity contribution in [1.29, 1.82) is 0 Å². The zero-order valence-electron chi connectivity index (χ0n) is 6.61. The molecule has 1 rings (SSSR count). The highest BCUT2D eigenvalue weighted by atomic mass is 16.3. The first kappa shape index (κ1) is 8.46. The Morgan fingerprint density at radius 3 is 2.50 bits per heavy atom. The minimum atomic E-state index is 0.264. The second-order valence-electron chi connectivity index (χ2n) is 2.36. The monoisotopic (exact) mass is 164 g/mol. The third-order valence-corrected chi connectivity index (χ3v) is 1.32. The van der Waals surface area contributed by atoms with E-state index in [0.717, 1.165) is 6.29 Å². The fourth-order valence-corrected chi connectivity index (χ4v) is 0.768. The Bertz CT molecular complexity index is 320. The van der Waals surface area contributed by atoms with Crippen molar-refractivity contribution >= 4 is 18.6 Å². The molecule has 0 spiro atoms. The molecule has 1 aromatic rings. The third-order valence-electron chi connectivity index (χ3n) is 1.32. The molecule has 0 fully saturated rings. The van der Waals surface area contributed by atoms with Gasteiger partial charge in [-0.3, -0.25) is 9.59 Å². The molecule has 3 nitrogen and oxygen atoms in total. The van der Waals surface area contributed by atoms with Gasteiger partial charge in [0.05, 0.1) is 0 Å². The zero-order chi connectivity index (χ0) is 8.97. The smallest absolute Gasteiger partial charge is 0.185 e. The topological polar surface area (TPSA) is 47.3 Å². The molecule has 0 unspecified atom stereocenters. The molecule has 1 aromatic heterocycles. The Balaban J connectivity index is 2.89. The van der Waals surface area contributed by atoms with Crippen LogP contribution in [0, 0.1) is 0 Å². The molecular weight excluding hydrogens is 156 g/mol. The lowest BCUT2D eigenvalue weighted by Crippen LogP contribution is -1.74. The number of rotatable bonds is 3. The molecule has 12 heavy (non-hydrogen) atoms. The van der Waals surface area contributed by atoms with E-state index < -0.39 is 0 Å². The minimum Gasteiger partial charge on any atom is -0.454 e. The Morgan fingerprint density at radius 2 is 2.00 bits per heavy atom. The van der Waals surface area contributed by atoms with Crippen molar-refractivity contribution in [2.45, 2.75) is 6.92 Å². The molecule has 0 bridgehead atoms. The first-order valence-electron chi connectivity index (χ1n) is 3.45. The molecule has 62 valence electrons. The molecule has 0 aliphatic heterocycles. The Morgan fingerprint density at radius 1 is 1.33 bits per heavy atom. The van der Waals surface area contributed by atoms with Crippen molar-refractivity contribution in [3.05, 3.63) is 29.2 Å². The summed E-state index contributed by atoms with van der Waals surface area (Å²) in [5, 5.41) is 0. The number of furan rings is 1. The lowest BCUT2D eigenvalue weighted by molar-refractivity contribution is -0.104. The van der Waals surface area contributed by atoms with Crippen LogP contribution in [-0.4, -0.2) is 12.6 Å². The van der Waals surface area contributed by atoms with Gasteiger partial charge in [0.15, 0.2) is 12.0 Å². The van der Waals surface area contributed by atoms with Crippen LogP contribution in [-0.2, 0) is 4.79 Å². The summed E-state index contributed by atoms with van der Waals surface area (Å²) in [6.45, 7) is 1.66. The lowest BCUT2D eigenvalue weighted by Gasteiger charge is -1.85. The van der Waals surface area contributed by atoms with Gasteiger partial charge in [-0.1, -0.05) is 0 Å². The molecule has 0 aliphatic carbocycles. The summed E-state index contributed by atoms with van der Waals surface area (Å²) >= 11 is 0. The third kappa shape index (κ3) is 1.92. The van der Waals surface area contributed by atoms with E-state index >= 15 is 0 Å². The van der Waals surface area contributed by atoms with E-state index in [1.807, 2.05) is 0 Å². The number of hydrogen-bond donors (Lipinski definition) is 0. The summed E-state index contributed by atoms with van der Waals surface area (Å²) in [6.07, 6.45) is 2.91. The van der Waals surface area contributed by atoms with Crippen LogP contribution in [0.5, 0.6) is 0 Å². The van der Waals surface area contributed by atoms with Crippen molar-refractivity contribution in [3.8, 4) is 0 Å². The fraction of sp³-hybridized carbons (Fsp3) is 0.111. The van der Waals surface area contributed by atoms with Crippen LogP contribution in [0.4, 0.5) is 0 Å². The van der Waals surface area contributed by atoms with Crippen LogP contribution < -0.4 is 0 Å². The van der Waals surface area contributed by atoms with Crippen molar-refractivity contribution in [3.63, 3.8) is 0 Å². The summed E-state index contributed by atoms with van der Waals surface area (Å²) < 4.78 is 5.00. The molecule has 0 atom stereocenters. The van der Waals surface area contributed by atoms with Crippen LogP contribution in [0.2, 0.25) is 0 Å². The van der Waals surface area contributed by atoms with Gasteiger partial charge < -0.3 is 4.42 Å². The second kappa shape index (κ2) is 3.67. The Kier molecular flexibility index (Phi) is 2.58. The van der Waals surface area contributed by atoms with Crippen molar-refractivity contribution in [2.24, 2.45) is 0 Å². The molecular formula is C9H8O3. The lowest BCUT2D eigenvalue weighted by atomic mass is 10.3. The molecule has 0 saturated heterocycles. The average Bonchev–Trinajstić information content (AvgIpc) is 2.52. The molecule has 0 aromatic carbocycles. The molecule has 0 radical (unpaired) electrons. The molecule has 0 N–H and O–H groups in total. The second-order valence-corrected chi connectivity index (χ2v) is 2.36. The number of hydrogen-bond acceptors (Lipinski definition) is 3. The van der Waals surface area contributed by atoms with Crippen LogP contribution in [0.1, 0.15) is 23.2 Å². The normalized spacial score (nSPS) is 11.2.